The van der Waals surface area contributed by atoms with Crippen LogP contribution < -0.4 is 21.5 Å². The van der Waals surface area contributed by atoms with Crippen LogP contribution in [0.5, 0.6) is 0 Å². The van der Waals surface area contributed by atoms with Gasteiger partial charge in [0.1, 0.15) is 38.9 Å². The average molecular weight is 802 g/mol. The van der Waals surface area contributed by atoms with E-state index in [0.29, 0.717) is 51.8 Å². The molecule has 0 spiro atoms. The van der Waals surface area contributed by atoms with Crippen LogP contribution in [0.4, 0.5) is 9.18 Å². The predicted octanol–water partition coefficient (Wildman–Crippen LogP) is 4.26. The number of esters is 1. The van der Waals surface area contributed by atoms with E-state index in [1.807, 2.05) is 48.5 Å². The third kappa shape index (κ3) is 6.32. The molecule has 2 aliphatic carbocycles. The first kappa shape index (κ1) is 38.1. The highest BCUT2D eigenvalue weighted by atomic mass is 19.1. The van der Waals surface area contributed by atoms with Gasteiger partial charge in [0, 0.05) is 28.5 Å². The second-order valence-corrected chi connectivity index (χ2v) is 15.2. The summed E-state index contributed by atoms with van der Waals surface area (Å²) in [5, 5.41) is 20.0. The summed E-state index contributed by atoms with van der Waals surface area (Å²) in [4.78, 5) is 69.7. The number of rotatable bonds is 10. The Kier molecular flexibility index (Phi) is 9.51. The molecule has 2 aromatic heterocycles. The average Bonchev–Trinajstić information content (AvgIpc) is 3.77. The highest BCUT2D eigenvalue weighted by molar-refractivity contribution is 5.94. The van der Waals surface area contributed by atoms with Crippen LogP contribution in [0, 0.1) is 12.7 Å². The van der Waals surface area contributed by atoms with Crippen molar-refractivity contribution in [3.05, 3.63) is 121 Å². The number of aliphatic hydroxyl groups is 1. The van der Waals surface area contributed by atoms with Gasteiger partial charge in [0.05, 0.1) is 35.1 Å². The number of hydrogen-bond acceptors (Lipinski definition) is 10. The number of aromatic nitrogens is 2. The fourth-order valence-electron chi connectivity index (χ4n) is 9.07. The summed E-state index contributed by atoms with van der Waals surface area (Å²) in [6, 6.07) is 18.3. The van der Waals surface area contributed by atoms with Crippen LogP contribution >= 0.6 is 0 Å². The maximum absolute atomic E-state index is 15.3. The van der Waals surface area contributed by atoms with Gasteiger partial charge in [0.25, 0.3) is 5.56 Å². The number of carbonyl (C=O) groups is 4. The summed E-state index contributed by atoms with van der Waals surface area (Å²) in [6.45, 7) is 2.16. The van der Waals surface area contributed by atoms with Crippen molar-refractivity contribution in [1.82, 2.24) is 25.5 Å². The van der Waals surface area contributed by atoms with Crippen LogP contribution in [-0.2, 0) is 53.8 Å². The normalized spacial score (nSPS) is 18.2. The number of hydrogen-bond donors (Lipinski definition) is 4. The van der Waals surface area contributed by atoms with Crippen molar-refractivity contribution in [2.24, 2.45) is 0 Å². The first-order chi connectivity index (χ1) is 28.5. The molecule has 5 aromatic rings. The summed E-state index contributed by atoms with van der Waals surface area (Å²) in [5.74, 6) is -2.42. The quantitative estimate of drug-likeness (QED) is 0.0886. The van der Waals surface area contributed by atoms with Gasteiger partial charge in [-0.3, -0.25) is 14.4 Å². The lowest BCUT2D eigenvalue weighted by Crippen LogP contribution is -2.44. The number of nitrogens with zero attached hydrogens (tertiary/aromatic N) is 2. The number of ether oxygens (including phenoxy) is 3. The second kappa shape index (κ2) is 14.7. The van der Waals surface area contributed by atoms with Gasteiger partial charge in [-0.05, 0) is 71.2 Å². The van der Waals surface area contributed by atoms with E-state index in [-0.39, 0.29) is 56.5 Å². The van der Waals surface area contributed by atoms with E-state index < -0.39 is 53.5 Å². The van der Waals surface area contributed by atoms with Crippen LogP contribution in [0.2, 0.25) is 0 Å². The maximum atomic E-state index is 15.3. The van der Waals surface area contributed by atoms with Gasteiger partial charge in [-0.1, -0.05) is 55.5 Å². The highest BCUT2D eigenvalue weighted by Gasteiger charge is 2.46. The first-order valence-electron chi connectivity index (χ1n) is 19.5. The fraction of sp³-hybridized carbons (Fsp3) is 0.318. The van der Waals surface area contributed by atoms with E-state index in [2.05, 4.69) is 16.0 Å². The van der Waals surface area contributed by atoms with Gasteiger partial charge in [-0.2, -0.15) is 0 Å². The monoisotopic (exact) mass is 801 g/mol. The predicted molar refractivity (Wildman–Crippen MR) is 210 cm³/mol. The van der Waals surface area contributed by atoms with Gasteiger partial charge in [-0.25, -0.2) is 19.0 Å². The Hall–Kier alpha value is -6.45. The Bertz CT molecular complexity index is 2650. The van der Waals surface area contributed by atoms with Crippen molar-refractivity contribution < 1.29 is 42.9 Å². The molecule has 0 radical (unpaired) electrons. The molecule has 2 aliphatic heterocycles. The number of alkyl carbamates (subject to hydrolysis) is 1. The third-order valence-corrected chi connectivity index (χ3v) is 12.1. The number of aryl methyl sites for hydroxylation is 1. The van der Waals surface area contributed by atoms with Crippen LogP contribution in [0.15, 0.2) is 65.5 Å². The summed E-state index contributed by atoms with van der Waals surface area (Å²) in [5.41, 5.74) is 5.96. The number of nitrogens with one attached hydrogen (secondary N) is 3. The zero-order valence-electron chi connectivity index (χ0n) is 32.3. The SMILES string of the molecule is CC[C@@]1(O)C(=O)OCc2c1cc1n(c2=O)Cc2c-1nc1cc(F)c(C)c3c1c2C(NC(=O)COCNC(=O)CNC(=O)OCC1c2ccccc2-c2ccccc21)CC3. The number of pyridine rings is 2. The van der Waals surface area contributed by atoms with Crippen molar-refractivity contribution in [1.29, 1.82) is 0 Å². The molecule has 59 heavy (non-hydrogen) atoms. The molecule has 4 heterocycles. The minimum Gasteiger partial charge on any atom is -0.458 e. The minimum atomic E-state index is -2.01. The molecule has 0 fully saturated rings. The zero-order chi connectivity index (χ0) is 41.2. The van der Waals surface area contributed by atoms with E-state index in [1.165, 1.54) is 10.6 Å². The zero-order valence-corrected chi connectivity index (χ0v) is 32.3. The lowest BCUT2D eigenvalue weighted by Gasteiger charge is -2.31. The Morgan fingerprint density at radius 1 is 1.00 bits per heavy atom. The lowest BCUT2D eigenvalue weighted by atomic mass is 9.81. The largest absolute Gasteiger partial charge is 0.458 e. The van der Waals surface area contributed by atoms with E-state index in [4.69, 9.17) is 19.2 Å². The molecular weight excluding hydrogens is 762 g/mol. The van der Waals surface area contributed by atoms with Crippen LogP contribution in [0.25, 0.3) is 33.4 Å². The minimum absolute atomic E-state index is 0.0170. The van der Waals surface area contributed by atoms with Gasteiger partial charge in [0.15, 0.2) is 5.60 Å². The molecule has 0 saturated heterocycles. The Balaban J connectivity index is 0.840. The molecule has 4 N–H and O–H groups in total. The molecule has 0 bridgehead atoms. The number of benzene rings is 3. The number of fused-ring (bicyclic) bond motifs is 8. The van der Waals surface area contributed by atoms with Crippen molar-refractivity contribution >= 4 is 34.8 Å². The molecule has 3 aromatic carbocycles. The molecule has 2 atom stereocenters. The van der Waals surface area contributed by atoms with Gasteiger partial charge in [0.2, 0.25) is 11.8 Å². The summed E-state index contributed by atoms with van der Waals surface area (Å²) in [6.07, 6.45) is 0.116. The smallest absolute Gasteiger partial charge is 0.407 e. The van der Waals surface area contributed by atoms with Crippen molar-refractivity contribution in [3.8, 4) is 22.5 Å². The van der Waals surface area contributed by atoms with Crippen LogP contribution in [0.3, 0.4) is 0 Å². The Morgan fingerprint density at radius 2 is 1.73 bits per heavy atom. The number of carbonyl (C=O) groups excluding carboxylic acids is 4. The molecule has 3 amide bonds. The molecule has 1 unspecified atom stereocenters. The molecule has 9 rings (SSSR count). The van der Waals surface area contributed by atoms with Crippen LogP contribution in [-0.4, -0.2) is 65.0 Å². The Labute approximate surface area is 336 Å². The van der Waals surface area contributed by atoms with Gasteiger partial charge < -0.3 is 39.8 Å². The van der Waals surface area contributed by atoms with Crippen LogP contribution in [0.1, 0.15) is 76.2 Å². The first-order valence-corrected chi connectivity index (χ1v) is 19.5. The Morgan fingerprint density at radius 3 is 2.46 bits per heavy atom. The lowest BCUT2D eigenvalue weighted by molar-refractivity contribution is -0.172. The van der Waals surface area contributed by atoms with Gasteiger partial charge >= 0.3 is 12.1 Å². The number of cyclic esters (lactones) is 1. The standard InChI is InChI=1S/C44H40FN5O9/c1-3-44(56)31-14-35-40-28(17-50(35)41(53)30(31)19-58-42(44)54)39-33(13-12-23-22(2)32(45)15-34(49-40)38(23)39)48-37(52)20-57-21-47-36(51)16-46-43(55)59-18-29-26-10-6-4-8-24(26)25-9-5-7-11-27(25)29/h4-11,14-15,29,33,56H,3,12-13,16-21H2,1-2H3,(H,46,55)(H,47,51)(H,48,52)/t33?,44-/m0/s1. The molecule has 15 heteroatoms. The molecule has 14 nitrogen and oxygen atoms in total. The highest BCUT2D eigenvalue weighted by Crippen LogP contribution is 2.47. The summed E-state index contributed by atoms with van der Waals surface area (Å²) < 4.78 is 32.9. The topological polar surface area (TPSA) is 187 Å². The van der Waals surface area contributed by atoms with E-state index in [1.54, 1.807) is 19.9 Å². The summed E-state index contributed by atoms with van der Waals surface area (Å²) >= 11 is 0. The van der Waals surface area contributed by atoms with E-state index >= 15 is 4.39 Å². The van der Waals surface area contributed by atoms with E-state index in [9.17, 15) is 29.1 Å². The van der Waals surface area contributed by atoms with Crippen molar-refractivity contribution in [2.45, 2.75) is 63.8 Å². The number of halogens is 1. The van der Waals surface area contributed by atoms with E-state index in [0.717, 1.165) is 27.8 Å². The molecule has 4 aliphatic rings. The van der Waals surface area contributed by atoms with Crippen molar-refractivity contribution in [2.75, 3.05) is 26.5 Å². The third-order valence-electron chi connectivity index (χ3n) is 12.1. The maximum Gasteiger partial charge on any atom is 0.407 e. The fourth-order valence-corrected chi connectivity index (χ4v) is 9.07. The molecule has 0 saturated carbocycles. The second-order valence-electron chi connectivity index (χ2n) is 15.2. The van der Waals surface area contributed by atoms with Gasteiger partial charge in [-0.15, -0.1) is 0 Å². The molecular formula is C44H40FN5O9. The molecule has 302 valence electrons. The summed E-state index contributed by atoms with van der Waals surface area (Å²) in [7, 11) is 0. The van der Waals surface area contributed by atoms with Crippen molar-refractivity contribution in [3.63, 3.8) is 0 Å². The number of amides is 3.